The van der Waals surface area contributed by atoms with Gasteiger partial charge in [-0.25, -0.2) is 4.79 Å². The van der Waals surface area contributed by atoms with Crippen LogP contribution in [0.4, 0.5) is 0 Å². The Morgan fingerprint density at radius 3 is 2.70 bits per heavy atom. The molecule has 0 saturated carbocycles. The summed E-state index contributed by atoms with van der Waals surface area (Å²) in [6.45, 7) is 2.46. The predicted molar refractivity (Wildman–Crippen MR) is 80.7 cm³/mol. The highest BCUT2D eigenvalue weighted by atomic mass is 35.5. The molecule has 0 aliphatic rings. The first kappa shape index (κ1) is 14.7. The first-order valence-electron chi connectivity index (χ1n) is 6.61. The van der Waals surface area contributed by atoms with Crippen LogP contribution in [0.5, 0.6) is 5.75 Å². The van der Waals surface area contributed by atoms with Crippen molar-refractivity contribution in [3.05, 3.63) is 40.9 Å². The lowest BCUT2D eigenvalue weighted by Gasteiger charge is -2.12. The second kappa shape index (κ2) is 6.62. The summed E-state index contributed by atoms with van der Waals surface area (Å²) in [6.07, 6.45) is 1.82. The molecule has 0 radical (unpaired) electrons. The van der Waals surface area contributed by atoms with Crippen LogP contribution < -0.4 is 4.74 Å². The Kier molecular flexibility index (Phi) is 4.85. The fourth-order valence-corrected chi connectivity index (χ4v) is 2.30. The topological polar surface area (TPSA) is 35.5 Å². The van der Waals surface area contributed by atoms with Crippen molar-refractivity contribution in [2.75, 3.05) is 13.7 Å². The van der Waals surface area contributed by atoms with Crippen LogP contribution in [0.3, 0.4) is 0 Å². The average Bonchev–Trinajstić information content (AvgIpc) is 2.46. The van der Waals surface area contributed by atoms with Crippen molar-refractivity contribution in [3.8, 4) is 5.75 Å². The van der Waals surface area contributed by atoms with Crippen molar-refractivity contribution in [1.82, 2.24) is 0 Å². The summed E-state index contributed by atoms with van der Waals surface area (Å²) < 4.78 is 10.6. The van der Waals surface area contributed by atoms with Crippen LogP contribution in [0.2, 0.25) is 5.02 Å². The largest absolute Gasteiger partial charge is 0.496 e. The molecule has 2 aromatic carbocycles. The van der Waals surface area contributed by atoms with Gasteiger partial charge in [-0.2, -0.15) is 0 Å². The van der Waals surface area contributed by atoms with E-state index in [4.69, 9.17) is 21.1 Å². The number of carbonyl (C=O) groups excluding carboxylic acids is 1. The molecule has 0 saturated heterocycles. The number of hydrogen-bond donors (Lipinski definition) is 0. The van der Waals surface area contributed by atoms with E-state index in [2.05, 4.69) is 0 Å². The number of hydrogen-bond acceptors (Lipinski definition) is 3. The zero-order chi connectivity index (χ0) is 14.5. The smallest absolute Gasteiger partial charge is 0.342 e. The number of fused-ring (bicyclic) bond motifs is 1. The van der Waals surface area contributed by atoms with E-state index in [1.165, 1.54) is 7.11 Å². The van der Waals surface area contributed by atoms with Gasteiger partial charge in [-0.05, 0) is 24.6 Å². The maximum absolute atomic E-state index is 12.3. The molecule has 0 aliphatic heterocycles. The number of esters is 1. The molecule has 0 bridgehead atoms. The van der Waals surface area contributed by atoms with Gasteiger partial charge in [-0.3, -0.25) is 0 Å². The van der Waals surface area contributed by atoms with Crippen LogP contribution in [0, 0.1) is 0 Å². The lowest BCUT2D eigenvalue weighted by molar-refractivity contribution is 0.0498. The van der Waals surface area contributed by atoms with E-state index in [0.29, 0.717) is 22.9 Å². The molecular weight excluding hydrogens is 276 g/mol. The first-order chi connectivity index (χ1) is 9.69. The Labute approximate surface area is 123 Å². The highest BCUT2D eigenvalue weighted by molar-refractivity contribution is 6.36. The van der Waals surface area contributed by atoms with Gasteiger partial charge in [-0.1, -0.05) is 37.1 Å². The van der Waals surface area contributed by atoms with Crippen molar-refractivity contribution in [2.24, 2.45) is 0 Å². The number of rotatable bonds is 5. The molecule has 106 valence electrons. The summed E-state index contributed by atoms with van der Waals surface area (Å²) in [7, 11) is 1.54. The van der Waals surface area contributed by atoms with Gasteiger partial charge >= 0.3 is 5.97 Å². The maximum Gasteiger partial charge on any atom is 0.342 e. The van der Waals surface area contributed by atoms with Crippen molar-refractivity contribution in [1.29, 1.82) is 0 Å². The van der Waals surface area contributed by atoms with Crippen LogP contribution in [0.15, 0.2) is 30.3 Å². The first-order valence-corrected chi connectivity index (χ1v) is 6.99. The van der Waals surface area contributed by atoms with Crippen molar-refractivity contribution in [3.63, 3.8) is 0 Å². The third-order valence-electron chi connectivity index (χ3n) is 3.13. The second-order valence-electron chi connectivity index (χ2n) is 4.47. The van der Waals surface area contributed by atoms with Crippen LogP contribution in [0.25, 0.3) is 10.8 Å². The molecule has 0 atom stereocenters. The van der Waals surface area contributed by atoms with Crippen molar-refractivity contribution < 1.29 is 14.3 Å². The normalized spacial score (nSPS) is 10.6. The van der Waals surface area contributed by atoms with Gasteiger partial charge in [0.25, 0.3) is 0 Å². The highest BCUT2D eigenvalue weighted by Crippen LogP contribution is 2.32. The van der Waals surface area contributed by atoms with E-state index < -0.39 is 0 Å². The zero-order valence-corrected chi connectivity index (χ0v) is 12.4. The van der Waals surface area contributed by atoms with Crippen LogP contribution in [-0.4, -0.2) is 19.7 Å². The molecule has 0 fully saturated rings. The van der Waals surface area contributed by atoms with E-state index >= 15 is 0 Å². The molecule has 2 aromatic rings. The Hall–Kier alpha value is -1.74. The minimum absolute atomic E-state index is 0.372. The minimum atomic E-state index is -0.372. The molecule has 20 heavy (non-hydrogen) atoms. The number of carbonyl (C=O) groups is 1. The maximum atomic E-state index is 12.3. The predicted octanol–water partition coefficient (Wildman–Crippen LogP) is 4.46. The van der Waals surface area contributed by atoms with E-state index in [-0.39, 0.29) is 5.97 Å². The molecular formula is C16H17ClO3. The second-order valence-corrected chi connectivity index (χ2v) is 4.87. The van der Waals surface area contributed by atoms with E-state index in [1.54, 1.807) is 12.1 Å². The Morgan fingerprint density at radius 1 is 1.20 bits per heavy atom. The van der Waals surface area contributed by atoms with E-state index in [0.717, 1.165) is 23.6 Å². The summed E-state index contributed by atoms with van der Waals surface area (Å²) in [6, 6.07) is 9.04. The monoisotopic (exact) mass is 292 g/mol. The van der Waals surface area contributed by atoms with Crippen LogP contribution in [-0.2, 0) is 4.74 Å². The number of benzene rings is 2. The van der Waals surface area contributed by atoms with Crippen LogP contribution in [0.1, 0.15) is 30.1 Å². The van der Waals surface area contributed by atoms with Gasteiger partial charge in [0.15, 0.2) is 0 Å². The SMILES string of the molecule is CCCCOC(=O)c1c(OC)ccc2c(Cl)cccc12. The summed E-state index contributed by atoms with van der Waals surface area (Å²) in [5.41, 5.74) is 0.434. The van der Waals surface area contributed by atoms with Gasteiger partial charge in [0.1, 0.15) is 11.3 Å². The summed E-state index contributed by atoms with van der Waals surface area (Å²) in [5, 5.41) is 2.17. The van der Waals surface area contributed by atoms with Gasteiger partial charge < -0.3 is 9.47 Å². The van der Waals surface area contributed by atoms with Gasteiger partial charge in [0.2, 0.25) is 0 Å². The molecule has 0 amide bonds. The fourth-order valence-electron chi connectivity index (χ4n) is 2.06. The number of methoxy groups -OCH3 is 1. The summed E-state index contributed by atoms with van der Waals surface area (Å²) >= 11 is 6.16. The Balaban J connectivity index is 2.48. The fraction of sp³-hybridized carbons (Fsp3) is 0.312. The zero-order valence-electron chi connectivity index (χ0n) is 11.6. The number of ether oxygens (including phenoxy) is 2. The minimum Gasteiger partial charge on any atom is -0.496 e. The third kappa shape index (κ3) is 2.88. The molecule has 0 unspecified atom stereocenters. The standard InChI is InChI=1S/C16H17ClO3/c1-3-4-10-20-16(18)15-12-6-5-7-13(17)11(12)8-9-14(15)19-2/h5-9H,3-4,10H2,1-2H3. The summed E-state index contributed by atoms with van der Waals surface area (Å²) in [5.74, 6) is 0.129. The van der Waals surface area contributed by atoms with E-state index in [1.807, 2.05) is 25.1 Å². The molecule has 0 aliphatic carbocycles. The lowest BCUT2D eigenvalue weighted by atomic mass is 10.0. The molecule has 4 heteroatoms. The molecule has 3 nitrogen and oxygen atoms in total. The highest BCUT2D eigenvalue weighted by Gasteiger charge is 2.18. The van der Waals surface area contributed by atoms with Crippen molar-refractivity contribution in [2.45, 2.75) is 19.8 Å². The van der Waals surface area contributed by atoms with Crippen molar-refractivity contribution >= 4 is 28.3 Å². The Morgan fingerprint density at radius 2 is 2.00 bits per heavy atom. The number of unbranched alkanes of at least 4 members (excludes halogenated alkanes) is 1. The van der Waals surface area contributed by atoms with Gasteiger partial charge in [0, 0.05) is 15.8 Å². The molecule has 0 spiro atoms. The quantitative estimate of drug-likeness (QED) is 0.603. The van der Waals surface area contributed by atoms with Gasteiger partial charge in [0.05, 0.1) is 13.7 Å². The Bertz CT molecular complexity index is 622. The average molecular weight is 293 g/mol. The summed E-state index contributed by atoms with van der Waals surface area (Å²) in [4.78, 5) is 12.3. The molecule has 0 N–H and O–H groups in total. The van der Waals surface area contributed by atoms with Crippen LogP contribution >= 0.6 is 11.6 Å². The molecule has 0 aromatic heterocycles. The molecule has 0 heterocycles. The number of halogens is 1. The lowest BCUT2D eigenvalue weighted by Crippen LogP contribution is -2.09. The molecule has 2 rings (SSSR count). The van der Waals surface area contributed by atoms with Gasteiger partial charge in [-0.15, -0.1) is 0 Å². The third-order valence-corrected chi connectivity index (χ3v) is 3.45. The van der Waals surface area contributed by atoms with E-state index in [9.17, 15) is 4.79 Å².